The van der Waals surface area contributed by atoms with Crippen LogP contribution in [0, 0.1) is 5.82 Å². The zero-order valence-electron chi connectivity index (χ0n) is 14.1. The first-order valence-corrected chi connectivity index (χ1v) is 9.61. The number of halogens is 1. The fraction of sp³-hybridized carbons (Fsp3) is 0.250. The van der Waals surface area contributed by atoms with Gasteiger partial charge in [-0.3, -0.25) is 4.98 Å². The predicted octanol–water partition coefficient (Wildman–Crippen LogP) is 4.76. The number of hydrogen-bond donors (Lipinski definition) is 0. The van der Waals surface area contributed by atoms with Crippen molar-refractivity contribution in [1.29, 1.82) is 0 Å². The Labute approximate surface area is 154 Å². The van der Waals surface area contributed by atoms with Crippen LogP contribution in [-0.2, 0) is 0 Å². The molecule has 0 bridgehead atoms. The van der Waals surface area contributed by atoms with Gasteiger partial charge < -0.3 is 4.90 Å². The topological polar surface area (TPSA) is 41.9 Å². The van der Waals surface area contributed by atoms with Gasteiger partial charge in [0.15, 0.2) is 0 Å². The average Bonchev–Trinajstić information content (AvgIpc) is 3.12. The third-order valence-electron chi connectivity index (χ3n) is 4.97. The predicted molar refractivity (Wildman–Crippen MR) is 103 cm³/mol. The molecule has 1 aliphatic rings. The molecule has 4 aromatic rings. The van der Waals surface area contributed by atoms with Crippen LogP contribution in [0.3, 0.4) is 0 Å². The second kappa shape index (κ2) is 6.29. The summed E-state index contributed by atoms with van der Waals surface area (Å²) in [5, 5.41) is 1.23. The van der Waals surface area contributed by atoms with Crippen LogP contribution < -0.4 is 4.90 Å². The number of anilines is 1. The molecule has 1 aliphatic heterocycles. The summed E-state index contributed by atoms with van der Waals surface area (Å²) >= 11 is 1.81. The summed E-state index contributed by atoms with van der Waals surface area (Å²) in [7, 11) is 0. The molecular formula is C20H17FN4S. The summed E-state index contributed by atoms with van der Waals surface area (Å²) in [5.74, 6) is 1.04. The van der Waals surface area contributed by atoms with E-state index in [0.717, 1.165) is 42.8 Å². The molecule has 130 valence electrons. The van der Waals surface area contributed by atoms with E-state index >= 15 is 0 Å². The molecule has 6 heteroatoms. The van der Waals surface area contributed by atoms with E-state index in [2.05, 4.69) is 33.1 Å². The lowest BCUT2D eigenvalue weighted by Gasteiger charge is -2.31. The van der Waals surface area contributed by atoms with E-state index < -0.39 is 0 Å². The zero-order chi connectivity index (χ0) is 17.5. The minimum Gasteiger partial charge on any atom is -0.355 e. The number of thiazole rings is 1. The number of benzene rings is 2. The minimum absolute atomic E-state index is 0.279. The van der Waals surface area contributed by atoms with Crippen LogP contribution in [0.4, 0.5) is 10.2 Å². The van der Waals surface area contributed by atoms with Gasteiger partial charge in [-0.05, 0) is 37.1 Å². The summed E-state index contributed by atoms with van der Waals surface area (Å²) in [4.78, 5) is 16.1. The lowest BCUT2D eigenvalue weighted by Crippen LogP contribution is -2.33. The number of piperidine rings is 1. The summed E-state index contributed by atoms with van der Waals surface area (Å²) in [6, 6.07) is 12.8. The van der Waals surface area contributed by atoms with Gasteiger partial charge in [0.1, 0.15) is 11.6 Å². The smallest absolute Gasteiger partial charge is 0.147 e. The van der Waals surface area contributed by atoms with Gasteiger partial charge in [-0.15, -0.1) is 11.3 Å². The van der Waals surface area contributed by atoms with Gasteiger partial charge >= 0.3 is 0 Å². The van der Waals surface area contributed by atoms with Gasteiger partial charge in [-0.2, -0.15) is 0 Å². The highest BCUT2D eigenvalue weighted by Crippen LogP contribution is 2.34. The van der Waals surface area contributed by atoms with Gasteiger partial charge in [0.25, 0.3) is 0 Å². The summed E-state index contributed by atoms with van der Waals surface area (Å²) in [5.41, 5.74) is 2.42. The van der Waals surface area contributed by atoms with Crippen LogP contribution in [0.15, 0.2) is 48.7 Å². The number of nitrogens with zero attached hydrogens (tertiary/aromatic N) is 4. The Morgan fingerprint density at radius 3 is 2.65 bits per heavy atom. The molecule has 2 aromatic heterocycles. The van der Waals surface area contributed by atoms with Gasteiger partial charge in [-0.1, -0.05) is 12.1 Å². The van der Waals surface area contributed by atoms with E-state index in [1.807, 2.05) is 6.07 Å². The molecule has 2 aromatic carbocycles. The molecule has 26 heavy (non-hydrogen) atoms. The standard InChI is InChI=1S/C20H17FN4S/c21-14-5-6-15-17(11-14)23-19(12-22-15)25-9-7-13(8-10-25)20-24-16-3-1-2-4-18(16)26-20/h1-6,11-13H,7-10H2. The molecule has 4 nitrogen and oxygen atoms in total. The monoisotopic (exact) mass is 364 g/mol. The van der Waals surface area contributed by atoms with E-state index in [4.69, 9.17) is 4.98 Å². The van der Waals surface area contributed by atoms with Crippen molar-refractivity contribution in [1.82, 2.24) is 15.0 Å². The fourth-order valence-corrected chi connectivity index (χ4v) is 4.68. The van der Waals surface area contributed by atoms with Crippen LogP contribution in [0.5, 0.6) is 0 Å². The first-order chi connectivity index (χ1) is 12.8. The van der Waals surface area contributed by atoms with Crippen molar-refractivity contribution in [3.05, 3.63) is 59.5 Å². The number of hydrogen-bond acceptors (Lipinski definition) is 5. The molecule has 0 atom stereocenters. The molecular weight excluding hydrogens is 347 g/mol. The van der Waals surface area contributed by atoms with Crippen molar-refractivity contribution in [2.75, 3.05) is 18.0 Å². The molecule has 1 fully saturated rings. The lowest BCUT2D eigenvalue weighted by molar-refractivity contribution is 0.501. The van der Waals surface area contributed by atoms with Gasteiger partial charge in [-0.25, -0.2) is 14.4 Å². The molecule has 0 amide bonds. The molecule has 0 saturated carbocycles. The van der Waals surface area contributed by atoms with Crippen LogP contribution in [0.1, 0.15) is 23.8 Å². The van der Waals surface area contributed by atoms with Gasteiger partial charge in [0.2, 0.25) is 0 Å². The van der Waals surface area contributed by atoms with Crippen molar-refractivity contribution < 1.29 is 4.39 Å². The lowest BCUT2D eigenvalue weighted by atomic mass is 9.97. The van der Waals surface area contributed by atoms with E-state index in [0.29, 0.717) is 11.4 Å². The third kappa shape index (κ3) is 2.80. The fourth-order valence-electron chi connectivity index (χ4n) is 3.55. The second-order valence-electron chi connectivity index (χ2n) is 6.64. The van der Waals surface area contributed by atoms with E-state index in [1.165, 1.54) is 21.8 Å². The van der Waals surface area contributed by atoms with Crippen LogP contribution in [0.2, 0.25) is 0 Å². The highest BCUT2D eigenvalue weighted by molar-refractivity contribution is 7.18. The first-order valence-electron chi connectivity index (χ1n) is 8.79. The Balaban J connectivity index is 1.35. The molecule has 1 saturated heterocycles. The normalized spacial score (nSPS) is 15.8. The quantitative estimate of drug-likeness (QED) is 0.514. The number of fused-ring (bicyclic) bond motifs is 2. The van der Waals surface area contributed by atoms with E-state index in [9.17, 15) is 4.39 Å². The molecule has 0 radical (unpaired) electrons. The maximum atomic E-state index is 13.5. The molecule has 0 spiro atoms. The number of para-hydroxylation sites is 1. The van der Waals surface area contributed by atoms with Gasteiger partial charge in [0, 0.05) is 25.1 Å². The van der Waals surface area contributed by atoms with Crippen molar-refractivity contribution in [3.63, 3.8) is 0 Å². The molecule has 0 aliphatic carbocycles. The number of rotatable bonds is 2. The SMILES string of the molecule is Fc1ccc2ncc(N3CCC(c4nc5ccccc5s4)CC3)nc2c1. The minimum atomic E-state index is -0.279. The average molecular weight is 364 g/mol. The van der Waals surface area contributed by atoms with Crippen LogP contribution in [-0.4, -0.2) is 28.0 Å². The second-order valence-corrected chi connectivity index (χ2v) is 7.70. The maximum Gasteiger partial charge on any atom is 0.147 e. The molecule has 0 N–H and O–H groups in total. The van der Waals surface area contributed by atoms with Crippen molar-refractivity contribution in [2.45, 2.75) is 18.8 Å². The van der Waals surface area contributed by atoms with Crippen LogP contribution in [0.25, 0.3) is 21.3 Å². The van der Waals surface area contributed by atoms with Gasteiger partial charge in [0.05, 0.1) is 32.5 Å². The molecule has 3 heterocycles. The van der Waals surface area contributed by atoms with Crippen molar-refractivity contribution in [2.24, 2.45) is 0 Å². The highest BCUT2D eigenvalue weighted by atomic mass is 32.1. The Morgan fingerprint density at radius 1 is 0.962 bits per heavy atom. The van der Waals surface area contributed by atoms with Crippen molar-refractivity contribution in [3.8, 4) is 0 Å². The Morgan fingerprint density at radius 2 is 1.81 bits per heavy atom. The zero-order valence-corrected chi connectivity index (χ0v) is 14.9. The highest BCUT2D eigenvalue weighted by Gasteiger charge is 2.24. The van der Waals surface area contributed by atoms with E-state index in [-0.39, 0.29) is 5.82 Å². The Hall–Kier alpha value is -2.60. The van der Waals surface area contributed by atoms with Crippen LogP contribution >= 0.6 is 11.3 Å². The molecule has 0 unspecified atom stereocenters. The van der Waals surface area contributed by atoms with Crippen molar-refractivity contribution >= 4 is 38.4 Å². The summed E-state index contributed by atoms with van der Waals surface area (Å²) < 4.78 is 14.7. The maximum absolute atomic E-state index is 13.5. The third-order valence-corrected chi connectivity index (χ3v) is 6.17. The molecule has 5 rings (SSSR count). The Kier molecular flexibility index (Phi) is 3.78. The summed E-state index contributed by atoms with van der Waals surface area (Å²) in [6.45, 7) is 1.83. The largest absolute Gasteiger partial charge is 0.355 e. The number of aromatic nitrogens is 3. The van der Waals surface area contributed by atoms with E-state index in [1.54, 1.807) is 23.6 Å². The summed E-state index contributed by atoms with van der Waals surface area (Å²) in [6.07, 6.45) is 3.88. The first kappa shape index (κ1) is 15.6. The Bertz CT molecular complexity index is 1050.